The van der Waals surface area contributed by atoms with E-state index in [1.54, 1.807) is 12.1 Å². The van der Waals surface area contributed by atoms with E-state index in [0.717, 1.165) is 19.3 Å². The van der Waals surface area contributed by atoms with Gasteiger partial charge in [-0.2, -0.15) is 0 Å². The normalized spacial score (nSPS) is 15.5. The summed E-state index contributed by atoms with van der Waals surface area (Å²) in [5.41, 5.74) is 7.40. The number of rotatable bonds is 5. The van der Waals surface area contributed by atoms with Crippen LogP contribution in [0.5, 0.6) is 0 Å². The molecular weight excluding hydrogens is 328 g/mol. The first kappa shape index (κ1) is 14.6. The second kappa shape index (κ2) is 6.07. The highest BCUT2D eigenvalue weighted by molar-refractivity contribution is 9.10. The summed E-state index contributed by atoms with van der Waals surface area (Å²) in [6.07, 6.45) is 6.36. The van der Waals surface area contributed by atoms with Crippen LogP contribution in [-0.2, 0) is 10.0 Å². The zero-order valence-corrected chi connectivity index (χ0v) is 12.9. The first-order valence-electron chi connectivity index (χ1n) is 6.21. The molecule has 3 N–H and O–H groups in total. The molecule has 1 aromatic rings. The van der Waals surface area contributed by atoms with Gasteiger partial charge in [0.15, 0.2) is 0 Å². The Balaban J connectivity index is 2.03. The Morgan fingerprint density at radius 1 is 1.37 bits per heavy atom. The highest BCUT2D eigenvalue weighted by Crippen LogP contribution is 2.24. The molecule has 1 aromatic carbocycles. The number of nitrogens with two attached hydrogens (primary N) is 1. The molecule has 19 heavy (non-hydrogen) atoms. The summed E-state index contributed by atoms with van der Waals surface area (Å²) in [5.74, 6) is 0. The minimum Gasteiger partial charge on any atom is -0.399 e. The molecule has 0 saturated heterocycles. The van der Waals surface area contributed by atoms with Crippen molar-refractivity contribution in [1.82, 2.24) is 4.72 Å². The van der Waals surface area contributed by atoms with Crippen LogP contribution < -0.4 is 10.5 Å². The Labute approximate surface area is 122 Å². The summed E-state index contributed by atoms with van der Waals surface area (Å²) in [5, 5.41) is 0. The van der Waals surface area contributed by atoms with Gasteiger partial charge in [-0.25, -0.2) is 13.1 Å². The Bertz CT molecular complexity index is 597. The molecule has 4 nitrogen and oxygen atoms in total. The van der Waals surface area contributed by atoms with Crippen LogP contribution in [0.3, 0.4) is 0 Å². The predicted molar refractivity (Wildman–Crippen MR) is 80.3 cm³/mol. The maximum atomic E-state index is 12.2. The van der Waals surface area contributed by atoms with Gasteiger partial charge in [0.05, 0.1) is 4.90 Å². The van der Waals surface area contributed by atoms with Crippen molar-refractivity contribution >= 4 is 31.6 Å². The van der Waals surface area contributed by atoms with Gasteiger partial charge < -0.3 is 5.73 Å². The van der Waals surface area contributed by atoms with Crippen molar-refractivity contribution in [1.29, 1.82) is 0 Å². The van der Waals surface area contributed by atoms with Crippen LogP contribution in [0.15, 0.2) is 39.2 Å². The molecule has 0 heterocycles. The lowest BCUT2D eigenvalue weighted by Crippen LogP contribution is -2.25. The largest absolute Gasteiger partial charge is 0.399 e. The summed E-state index contributed by atoms with van der Waals surface area (Å²) in [6, 6.07) is 4.76. The molecule has 0 radical (unpaired) electrons. The van der Waals surface area contributed by atoms with Gasteiger partial charge in [-0.1, -0.05) is 11.6 Å². The number of nitrogens with one attached hydrogen (secondary N) is 1. The molecule has 0 spiro atoms. The van der Waals surface area contributed by atoms with E-state index in [-0.39, 0.29) is 4.90 Å². The summed E-state index contributed by atoms with van der Waals surface area (Å²) in [4.78, 5) is 0.188. The molecule has 1 aliphatic rings. The third-order valence-electron chi connectivity index (χ3n) is 3.12. The molecule has 0 unspecified atom stereocenters. The maximum absolute atomic E-state index is 12.2. The van der Waals surface area contributed by atoms with Crippen molar-refractivity contribution in [3.05, 3.63) is 34.3 Å². The number of sulfonamides is 1. The molecule has 6 heteroatoms. The van der Waals surface area contributed by atoms with Gasteiger partial charge in [0.25, 0.3) is 0 Å². The van der Waals surface area contributed by atoms with Crippen molar-refractivity contribution in [2.45, 2.75) is 30.6 Å². The van der Waals surface area contributed by atoms with Crippen LogP contribution in [-0.4, -0.2) is 15.0 Å². The number of nitrogen functional groups attached to an aromatic ring is 1. The first-order valence-corrected chi connectivity index (χ1v) is 8.49. The molecule has 0 saturated carbocycles. The van der Waals surface area contributed by atoms with E-state index in [2.05, 4.69) is 26.7 Å². The fourth-order valence-corrected chi connectivity index (χ4v) is 4.14. The lowest BCUT2D eigenvalue weighted by molar-refractivity contribution is 0.580. The van der Waals surface area contributed by atoms with Crippen LogP contribution in [0.2, 0.25) is 0 Å². The second-order valence-electron chi connectivity index (χ2n) is 4.59. The lowest BCUT2D eigenvalue weighted by Gasteiger charge is -2.09. The molecule has 2 rings (SSSR count). The standard InChI is InChI=1S/C13H17BrN2O2S/c14-12-6-5-11(15)9-13(12)19(17,18)16-8-7-10-3-1-2-4-10/h3,5-6,9,16H,1-2,4,7-8,15H2. The van der Waals surface area contributed by atoms with E-state index in [9.17, 15) is 8.42 Å². The molecule has 0 bridgehead atoms. The van der Waals surface area contributed by atoms with Crippen molar-refractivity contribution in [2.75, 3.05) is 12.3 Å². The van der Waals surface area contributed by atoms with E-state index in [0.29, 0.717) is 16.7 Å². The molecule has 0 amide bonds. The van der Waals surface area contributed by atoms with E-state index >= 15 is 0 Å². The number of benzene rings is 1. The highest BCUT2D eigenvalue weighted by atomic mass is 79.9. The Morgan fingerprint density at radius 2 is 2.16 bits per heavy atom. The van der Waals surface area contributed by atoms with Gasteiger partial charge >= 0.3 is 0 Å². The van der Waals surface area contributed by atoms with Crippen molar-refractivity contribution in [3.8, 4) is 0 Å². The number of allylic oxidation sites excluding steroid dienone is 1. The Morgan fingerprint density at radius 3 is 2.84 bits per heavy atom. The molecule has 0 aliphatic heterocycles. The van der Waals surface area contributed by atoms with Gasteiger partial charge in [0.2, 0.25) is 10.0 Å². The summed E-state index contributed by atoms with van der Waals surface area (Å²) >= 11 is 3.24. The van der Waals surface area contributed by atoms with E-state index in [1.165, 1.54) is 18.1 Å². The highest BCUT2D eigenvalue weighted by Gasteiger charge is 2.17. The van der Waals surface area contributed by atoms with Crippen LogP contribution >= 0.6 is 15.9 Å². The zero-order chi connectivity index (χ0) is 13.9. The fraction of sp³-hybridized carbons (Fsp3) is 0.385. The number of anilines is 1. The van der Waals surface area contributed by atoms with Gasteiger partial charge in [-0.15, -0.1) is 0 Å². The Hall–Kier alpha value is -0.850. The quantitative estimate of drug-likeness (QED) is 0.637. The number of hydrogen-bond acceptors (Lipinski definition) is 3. The third kappa shape index (κ3) is 3.81. The zero-order valence-electron chi connectivity index (χ0n) is 10.5. The monoisotopic (exact) mass is 344 g/mol. The number of halogens is 1. The minimum atomic E-state index is -3.51. The smallest absolute Gasteiger partial charge is 0.241 e. The first-order chi connectivity index (χ1) is 8.99. The number of hydrogen-bond donors (Lipinski definition) is 2. The van der Waals surface area contributed by atoms with E-state index in [1.807, 2.05) is 0 Å². The van der Waals surface area contributed by atoms with Gasteiger partial charge in [-0.3, -0.25) is 0 Å². The molecule has 0 atom stereocenters. The summed E-state index contributed by atoms with van der Waals surface area (Å²) in [7, 11) is -3.51. The topological polar surface area (TPSA) is 72.2 Å². The maximum Gasteiger partial charge on any atom is 0.241 e. The SMILES string of the molecule is Nc1ccc(Br)c(S(=O)(=O)NCCC2=CCCC2)c1. The third-order valence-corrected chi connectivity index (χ3v) is 5.57. The Kier molecular flexibility index (Phi) is 4.65. The molecule has 104 valence electrons. The molecule has 0 aromatic heterocycles. The van der Waals surface area contributed by atoms with E-state index < -0.39 is 10.0 Å². The van der Waals surface area contributed by atoms with Gasteiger partial charge in [0.1, 0.15) is 0 Å². The minimum absolute atomic E-state index is 0.188. The van der Waals surface area contributed by atoms with Crippen LogP contribution in [0.4, 0.5) is 5.69 Å². The van der Waals surface area contributed by atoms with Gasteiger partial charge in [-0.05, 0) is 59.8 Å². The van der Waals surface area contributed by atoms with Crippen LogP contribution in [0, 0.1) is 0 Å². The summed E-state index contributed by atoms with van der Waals surface area (Å²) in [6.45, 7) is 0.426. The average Bonchev–Trinajstić information content (AvgIpc) is 2.85. The molecule has 1 aliphatic carbocycles. The molecule has 0 fully saturated rings. The van der Waals surface area contributed by atoms with E-state index in [4.69, 9.17) is 5.73 Å². The second-order valence-corrected chi connectivity index (χ2v) is 7.18. The predicted octanol–water partition coefficient (Wildman–Crippen LogP) is 2.81. The van der Waals surface area contributed by atoms with Crippen molar-refractivity contribution < 1.29 is 8.42 Å². The van der Waals surface area contributed by atoms with Crippen molar-refractivity contribution in [2.24, 2.45) is 0 Å². The lowest BCUT2D eigenvalue weighted by atomic mass is 10.2. The molecular formula is C13H17BrN2O2S. The van der Waals surface area contributed by atoms with Gasteiger partial charge in [0, 0.05) is 16.7 Å². The average molecular weight is 345 g/mol. The van der Waals surface area contributed by atoms with Crippen molar-refractivity contribution in [3.63, 3.8) is 0 Å². The van der Waals surface area contributed by atoms with Crippen LogP contribution in [0.1, 0.15) is 25.7 Å². The van der Waals surface area contributed by atoms with Crippen LogP contribution in [0.25, 0.3) is 0 Å². The fourth-order valence-electron chi connectivity index (χ4n) is 2.11. The summed E-state index contributed by atoms with van der Waals surface area (Å²) < 4.78 is 27.5.